The minimum atomic E-state index is -0.0300. The number of halogens is 2. The highest BCUT2D eigenvalue weighted by molar-refractivity contribution is 7.12. The van der Waals surface area contributed by atoms with Gasteiger partial charge in [-0.2, -0.15) is 0 Å². The fourth-order valence-electron chi connectivity index (χ4n) is 1.30. The number of hydrogen-bond donors (Lipinski definition) is 1. The summed E-state index contributed by atoms with van der Waals surface area (Å²) in [4.78, 5) is 12.4. The van der Waals surface area contributed by atoms with Gasteiger partial charge in [0.25, 0.3) is 0 Å². The van der Waals surface area contributed by atoms with Crippen LogP contribution in [0.15, 0.2) is 48.0 Å². The summed E-state index contributed by atoms with van der Waals surface area (Å²) in [7, 11) is 0. The summed E-state index contributed by atoms with van der Waals surface area (Å²) in [5, 5.41) is 5.81. The van der Waals surface area contributed by atoms with Crippen LogP contribution in [0.3, 0.4) is 0 Å². The zero-order valence-corrected chi connectivity index (χ0v) is 11.5. The maximum Gasteiger partial charge on any atom is 0.197 e. The van der Waals surface area contributed by atoms with Crippen LogP contribution >= 0.6 is 34.5 Å². The molecule has 0 radical (unpaired) electrons. The number of hydrogen-bond acceptors (Lipinski definition) is 3. The number of ketones is 1. The van der Waals surface area contributed by atoms with Crippen LogP contribution in [0.1, 0.15) is 9.67 Å². The third-order valence-corrected chi connectivity index (χ3v) is 3.79. The van der Waals surface area contributed by atoms with E-state index in [1.165, 1.54) is 17.4 Å². The average molecular weight is 298 g/mol. The number of rotatable bonds is 4. The van der Waals surface area contributed by atoms with Crippen LogP contribution in [-0.2, 0) is 0 Å². The third-order valence-electron chi connectivity index (χ3n) is 2.17. The van der Waals surface area contributed by atoms with Crippen molar-refractivity contribution in [2.45, 2.75) is 0 Å². The SMILES string of the molecule is O=C(/C=C/Nc1ccc(Cl)c(Cl)c1)c1cccs1. The van der Waals surface area contributed by atoms with Gasteiger partial charge in [0.2, 0.25) is 0 Å². The summed E-state index contributed by atoms with van der Waals surface area (Å²) in [6.45, 7) is 0. The van der Waals surface area contributed by atoms with E-state index in [0.29, 0.717) is 14.9 Å². The molecule has 0 bridgehead atoms. The Morgan fingerprint density at radius 3 is 2.72 bits per heavy atom. The highest BCUT2D eigenvalue weighted by Crippen LogP contribution is 2.24. The van der Waals surface area contributed by atoms with Crippen molar-refractivity contribution in [1.29, 1.82) is 0 Å². The second-order valence-corrected chi connectivity index (χ2v) is 5.21. The second-order valence-electron chi connectivity index (χ2n) is 3.45. The second kappa shape index (κ2) is 6.05. The lowest BCUT2D eigenvalue weighted by molar-refractivity contribution is 0.105. The first-order valence-corrected chi connectivity index (χ1v) is 6.76. The smallest absolute Gasteiger partial charge is 0.197 e. The van der Waals surface area contributed by atoms with E-state index < -0.39 is 0 Å². The maximum atomic E-state index is 11.7. The van der Waals surface area contributed by atoms with Gasteiger partial charge < -0.3 is 5.32 Å². The lowest BCUT2D eigenvalue weighted by Gasteiger charge is -2.02. The number of benzene rings is 1. The van der Waals surface area contributed by atoms with Crippen molar-refractivity contribution in [3.63, 3.8) is 0 Å². The van der Waals surface area contributed by atoms with Crippen molar-refractivity contribution in [3.05, 3.63) is 62.9 Å². The molecule has 1 heterocycles. The van der Waals surface area contributed by atoms with Crippen LogP contribution in [0.2, 0.25) is 10.0 Å². The largest absolute Gasteiger partial charge is 0.362 e. The molecule has 0 amide bonds. The molecule has 92 valence electrons. The summed E-state index contributed by atoms with van der Waals surface area (Å²) in [5.74, 6) is -0.0300. The Bertz CT molecular complexity index is 579. The highest BCUT2D eigenvalue weighted by Gasteiger charge is 2.01. The van der Waals surface area contributed by atoms with Gasteiger partial charge >= 0.3 is 0 Å². The van der Waals surface area contributed by atoms with Gasteiger partial charge in [0.15, 0.2) is 5.78 Å². The monoisotopic (exact) mass is 297 g/mol. The van der Waals surface area contributed by atoms with Gasteiger partial charge in [-0.05, 0) is 29.6 Å². The first-order chi connectivity index (χ1) is 8.66. The van der Waals surface area contributed by atoms with Crippen LogP contribution in [0.4, 0.5) is 5.69 Å². The van der Waals surface area contributed by atoms with Gasteiger partial charge in [0.1, 0.15) is 0 Å². The van der Waals surface area contributed by atoms with E-state index in [4.69, 9.17) is 23.2 Å². The van der Waals surface area contributed by atoms with Crippen LogP contribution in [-0.4, -0.2) is 5.78 Å². The van der Waals surface area contributed by atoms with Crippen molar-refractivity contribution >= 4 is 46.0 Å². The molecule has 1 N–H and O–H groups in total. The van der Waals surface area contributed by atoms with Crippen molar-refractivity contribution in [2.24, 2.45) is 0 Å². The molecular weight excluding hydrogens is 289 g/mol. The van der Waals surface area contributed by atoms with Crippen molar-refractivity contribution in [2.75, 3.05) is 5.32 Å². The van der Waals surface area contributed by atoms with E-state index in [2.05, 4.69) is 5.32 Å². The van der Waals surface area contributed by atoms with E-state index in [1.807, 2.05) is 11.4 Å². The van der Waals surface area contributed by atoms with Crippen LogP contribution < -0.4 is 5.32 Å². The van der Waals surface area contributed by atoms with Gasteiger partial charge in [-0.3, -0.25) is 4.79 Å². The molecule has 0 saturated heterocycles. The Kier molecular flexibility index (Phi) is 4.42. The van der Waals surface area contributed by atoms with E-state index in [9.17, 15) is 4.79 Å². The lowest BCUT2D eigenvalue weighted by Crippen LogP contribution is -1.93. The molecule has 0 fully saturated rings. The molecule has 0 aliphatic rings. The standard InChI is InChI=1S/C13H9Cl2NOS/c14-10-4-3-9(8-11(10)15)16-6-5-12(17)13-2-1-7-18-13/h1-8,16H/b6-5+. The van der Waals surface area contributed by atoms with Crippen molar-refractivity contribution in [1.82, 2.24) is 0 Å². The summed E-state index contributed by atoms with van der Waals surface area (Å²) in [6, 6.07) is 8.81. The molecule has 0 aliphatic carbocycles. The molecular formula is C13H9Cl2NOS. The molecule has 0 atom stereocenters. The van der Waals surface area contributed by atoms with E-state index >= 15 is 0 Å². The minimum absolute atomic E-state index is 0.0300. The van der Waals surface area contributed by atoms with Crippen molar-refractivity contribution in [3.8, 4) is 0 Å². The van der Waals surface area contributed by atoms with Crippen LogP contribution in [0, 0.1) is 0 Å². The number of carbonyl (C=O) groups is 1. The summed E-state index contributed by atoms with van der Waals surface area (Å²) < 4.78 is 0. The Hall–Kier alpha value is -1.29. The van der Waals surface area contributed by atoms with Gasteiger partial charge in [-0.15, -0.1) is 11.3 Å². The molecule has 18 heavy (non-hydrogen) atoms. The molecule has 0 saturated carbocycles. The van der Waals surface area contributed by atoms with E-state index in [1.54, 1.807) is 30.5 Å². The van der Waals surface area contributed by atoms with Crippen LogP contribution in [0.5, 0.6) is 0 Å². The number of anilines is 1. The summed E-state index contributed by atoms with van der Waals surface area (Å²) in [6.07, 6.45) is 3.07. The Morgan fingerprint density at radius 1 is 1.22 bits per heavy atom. The molecule has 1 aromatic heterocycles. The quantitative estimate of drug-likeness (QED) is 0.645. The van der Waals surface area contributed by atoms with Crippen molar-refractivity contribution < 1.29 is 4.79 Å². The fraction of sp³-hybridized carbons (Fsp3) is 0. The Balaban J connectivity index is 1.99. The first-order valence-electron chi connectivity index (χ1n) is 5.13. The predicted molar refractivity (Wildman–Crippen MR) is 77.9 cm³/mol. The van der Waals surface area contributed by atoms with Gasteiger partial charge in [0.05, 0.1) is 14.9 Å². The molecule has 0 unspecified atom stereocenters. The number of allylic oxidation sites excluding steroid dienone is 1. The Labute approximate surface area is 119 Å². The molecule has 1 aromatic carbocycles. The van der Waals surface area contributed by atoms with Gasteiger partial charge in [-0.25, -0.2) is 0 Å². The zero-order valence-electron chi connectivity index (χ0n) is 9.19. The summed E-state index contributed by atoms with van der Waals surface area (Å²) >= 11 is 13.1. The molecule has 2 nitrogen and oxygen atoms in total. The van der Waals surface area contributed by atoms with Gasteiger partial charge in [-0.1, -0.05) is 29.3 Å². The molecule has 0 aliphatic heterocycles. The third kappa shape index (κ3) is 3.35. The normalized spacial score (nSPS) is 10.8. The van der Waals surface area contributed by atoms with E-state index in [0.717, 1.165) is 5.69 Å². The average Bonchev–Trinajstić information content (AvgIpc) is 2.87. The topological polar surface area (TPSA) is 29.1 Å². The Morgan fingerprint density at radius 2 is 2.06 bits per heavy atom. The minimum Gasteiger partial charge on any atom is -0.362 e. The first kappa shape index (κ1) is 13.1. The molecule has 0 spiro atoms. The van der Waals surface area contributed by atoms with Gasteiger partial charge in [0, 0.05) is 18.0 Å². The predicted octanol–water partition coefficient (Wildman–Crippen LogP) is 4.86. The summed E-state index contributed by atoms with van der Waals surface area (Å²) in [5.41, 5.74) is 0.777. The maximum absolute atomic E-state index is 11.7. The lowest BCUT2D eigenvalue weighted by atomic mass is 10.3. The fourth-order valence-corrected chi connectivity index (χ4v) is 2.24. The molecule has 2 rings (SSSR count). The van der Waals surface area contributed by atoms with Crippen LogP contribution in [0.25, 0.3) is 0 Å². The molecule has 2 aromatic rings. The number of carbonyl (C=O) groups excluding carboxylic acids is 1. The number of thiophene rings is 1. The molecule has 5 heteroatoms. The number of nitrogens with one attached hydrogen (secondary N) is 1. The highest BCUT2D eigenvalue weighted by atomic mass is 35.5. The van der Waals surface area contributed by atoms with E-state index in [-0.39, 0.29) is 5.78 Å². The zero-order chi connectivity index (χ0) is 13.0.